The van der Waals surface area contributed by atoms with Crippen LogP contribution in [0.4, 0.5) is 5.69 Å². The summed E-state index contributed by atoms with van der Waals surface area (Å²) < 4.78 is 0. The Bertz CT molecular complexity index is 577. The first-order chi connectivity index (χ1) is 10.6. The Morgan fingerprint density at radius 3 is 2.73 bits per heavy atom. The molecule has 1 atom stereocenters. The van der Waals surface area contributed by atoms with E-state index < -0.39 is 5.91 Å². The van der Waals surface area contributed by atoms with Crippen molar-refractivity contribution in [3.63, 3.8) is 0 Å². The number of likely N-dealkylation sites (tertiary alicyclic amines) is 1. The molecular formula is C16H20N4O2. The number of hydrogen-bond acceptors (Lipinski definition) is 4. The van der Waals surface area contributed by atoms with Crippen LogP contribution >= 0.6 is 0 Å². The van der Waals surface area contributed by atoms with E-state index in [1.54, 1.807) is 24.3 Å². The number of piperidine rings is 1. The summed E-state index contributed by atoms with van der Waals surface area (Å²) in [6, 6.07) is 8.67. The van der Waals surface area contributed by atoms with Gasteiger partial charge >= 0.3 is 0 Å². The lowest BCUT2D eigenvalue weighted by Crippen LogP contribution is -2.41. The Balaban J connectivity index is 1.91. The van der Waals surface area contributed by atoms with Crippen molar-refractivity contribution in [1.29, 1.82) is 5.26 Å². The van der Waals surface area contributed by atoms with Gasteiger partial charge in [-0.3, -0.25) is 9.59 Å². The molecule has 6 nitrogen and oxygen atoms in total. The Labute approximate surface area is 129 Å². The van der Waals surface area contributed by atoms with Crippen molar-refractivity contribution in [2.75, 3.05) is 25.0 Å². The van der Waals surface area contributed by atoms with Crippen LogP contribution in [0.5, 0.6) is 0 Å². The summed E-state index contributed by atoms with van der Waals surface area (Å²) in [5.41, 5.74) is 6.25. The molecule has 1 unspecified atom stereocenters. The van der Waals surface area contributed by atoms with Crippen LogP contribution in [-0.4, -0.2) is 36.3 Å². The zero-order chi connectivity index (χ0) is 15.9. The fraction of sp³-hybridized carbons (Fsp3) is 0.438. The fourth-order valence-corrected chi connectivity index (χ4v) is 2.64. The minimum atomic E-state index is -0.488. The lowest BCUT2D eigenvalue weighted by Gasteiger charge is -2.31. The highest BCUT2D eigenvalue weighted by molar-refractivity contribution is 5.95. The molecule has 2 amide bonds. The van der Waals surface area contributed by atoms with E-state index >= 15 is 0 Å². The van der Waals surface area contributed by atoms with Crippen molar-refractivity contribution < 1.29 is 9.59 Å². The van der Waals surface area contributed by atoms with Crippen LogP contribution in [0.3, 0.4) is 0 Å². The van der Waals surface area contributed by atoms with Gasteiger partial charge in [0, 0.05) is 30.8 Å². The first-order valence-electron chi connectivity index (χ1n) is 7.40. The maximum atomic E-state index is 12.3. The summed E-state index contributed by atoms with van der Waals surface area (Å²) >= 11 is 0. The zero-order valence-electron chi connectivity index (χ0n) is 12.4. The van der Waals surface area contributed by atoms with E-state index in [2.05, 4.69) is 16.3 Å². The minimum Gasteiger partial charge on any atom is -0.366 e. The summed E-state index contributed by atoms with van der Waals surface area (Å²) in [4.78, 5) is 25.5. The molecule has 0 spiro atoms. The maximum absolute atomic E-state index is 12.3. The second-order valence-corrected chi connectivity index (χ2v) is 5.48. The van der Waals surface area contributed by atoms with Gasteiger partial charge in [0.25, 0.3) is 0 Å². The molecule has 0 radical (unpaired) electrons. The highest BCUT2D eigenvalue weighted by atomic mass is 16.2. The molecule has 1 fully saturated rings. The van der Waals surface area contributed by atoms with Gasteiger partial charge in [-0.05, 0) is 43.7 Å². The number of primary amides is 1. The van der Waals surface area contributed by atoms with Crippen LogP contribution in [-0.2, 0) is 4.79 Å². The van der Waals surface area contributed by atoms with Crippen molar-refractivity contribution in [2.24, 2.45) is 11.7 Å². The third kappa shape index (κ3) is 4.30. The number of carbonyl (C=O) groups excluding carboxylic acids is 2. The number of nitrogens with zero attached hydrogens (tertiary/aromatic N) is 2. The molecule has 2 rings (SSSR count). The van der Waals surface area contributed by atoms with Crippen LogP contribution in [0.2, 0.25) is 0 Å². The SMILES string of the molecule is N#CCCN1CCCC(C(=O)Nc2ccc(C(N)=O)cc2)C1. The molecule has 0 aliphatic carbocycles. The van der Waals surface area contributed by atoms with E-state index in [1.807, 2.05) is 0 Å². The molecule has 6 heteroatoms. The lowest BCUT2D eigenvalue weighted by atomic mass is 9.97. The van der Waals surface area contributed by atoms with Crippen molar-refractivity contribution in [1.82, 2.24) is 4.90 Å². The number of nitriles is 1. The van der Waals surface area contributed by atoms with E-state index in [9.17, 15) is 9.59 Å². The lowest BCUT2D eigenvalue weighted by molar-refractivity contribution is -0.121. The standard InChI is InChI=1S/C16H20N4O2/c17-8-2-10-20-9-1-3-13(11-20)16(22)19-14-6-4-12(5-7-14)15(18)21/h4-7,13H,1-3,9-11H2,(H2,18,21)(H,19,22). The van der Waals surface area contributed by atoms with E-state index in [-0.39, 0.29) is 11.8 Å². The molecule has 0 bridgehead atoms. The highest BCUT2D eigenvalue weighted by Crippen LogP contribution is 2.19. The molecule has 1 aliphatic rings. The molecular weight excluding hydrogens is 280 g/mol. The van der Waals surface area contributed by atoms with Crippen molar-refractivity contribution in [3.05, 3.63) is 29.8 Å². The summed E-state index contributed by atoms with van der Waals surface area (Å²) in [6.07, 6.45) is 2.31. The Kier molecular flexibility index (Phi) is 5.50. The quantitative estimate of drug-likeness (QED) is 0.857. The van der Waals surface area contributed by atoms with Crippen LogP contribution in [0, 0.1) is 17.2 Å². The summed E-state index contributed by atoms with van der Waals surface area (Å²) in [5.74, 6) is -0.574. The predicted octanol–water partition coefficient (Wildman–Crippen LogP) is 1.35. The Hall–Kier alpha value is -2.39. The smallest absolute Gasteiger partial charge is 0.248 e. The molecule has 1 heterocycles. The third-order valence-electron chi connectivity index (χ3n) is 3.85. The molecule has 3 N–H and O–H groups in total. The van der Waals surface area contributed by atoms with Gasteiger partial charge in [-0.15, -0.1) is 0 Å². The van der Waals surface area contributed by atoms with E-state index in [0.717, 1.165) is 19.4 Å². The molecule has 116 valence electrons. The second-order valence-electron chi connectivity index (χ2n) is 5.48. The van der Waals surface area contributed by atoms with Gasteiger partial charge in [0.15, 0.2) is 0 Å². The highest BCUT2D eigenvalue weighted by Gasteiger charge is 2.25. The van der Waals surface area contributed by atoms with Crippen LogP contribution < -0.4 is 11.1 Å². The van der Waals surface area contributed by atoms with E-state index in [0.29, 0.717) is 30.8 Å². The van der Waals surface area contributed by atoms with E-state index in [1.165, 1.54) is 0 Å². The first-order valence-corrected chi connectivity index (χ1v) is 7.40. The van der Waals surface area contributed by atoms with Gasteiger partial charge in [-0.1, -0.05) is 0 Å². The Morgan fingerprint density at radius 2 is 2.09 bits per heavy atom. The number of rotatable bonds is 5. The molecule has 1 aromatic rings. The number of benzene rings is 1. The monoisotopic (exact) mass is 300 g/mol. The topological polar surface area (TPSA) is 99.2 Å². The summed E-state index contributed by atoms with van der Waals surface area (Å²) in [5, 5.41) is 11.5. The van der Waals surface area contributed by atoms with Crippen LogP contribution in [0.15, 0.2) is 24.3 Å². The van der Waals surface area contributed by atoms with Gasteiger partial charge in [0.1, 0.15) is 0 Å². The number of hydrogen-bond donors (Lipinski definition) is 2. The van der Waals surface area contributed by atoms with Crippen molar-refractivity contribution in [3.8, 4) is 6.07 Å². The van der Waals surface area contributed by atoms with Gasteiger partial charge in [-0.2, -0.15) is 5.26 Å². The fourth-order valence-electron chi connectivity index (χ4n) is 2.64. The summed E-state index contributed by atoms with van der Waals surface area (Å²) in [7, 11) is 0. The third-order valence-corrected chi connectivity index (χ3v) is 3.85. The van der Waals surface area contributed by atoms with Crippen molar-refractivity contribution in [2.45, 2.75) is 19.3 Å². The van der Waals surface area contributed by atoms with Crippen molar-refractivity contribution >= 4 is 17.5 Å². The number of amides is 2. The normalized spacial score (nSPS) is 18.4. The largest absolute Gasteiger partial charge is 0.366 e. The molecule has 0 saturated carbocycles. The number of carbonyl (C=O) groups is 2. The molecule has 1 aliphatic heterocycles. The zero-order valence-corrected chi connectivity index (χ0v) is 12.4. The van der Waals surface area contributed by atoms with Gasteiger partial charge in [-0.25, -0.2) is 0 Å². The van der Waals surface area contributed by atoms with Gasteiger partial charge < -0.3 is 16.0 Å². The minimum absolute atomic E-state index is 0.0199. The predicted molar refractivity (Wildman–Crippen MR) is 83.0 cm³/mol. The Morgan fingerprint density at radius 1 is 1.36 bits per heavy atom. The molecule has 22 heavy (non-hydrogen) atoms. The average molecular weight is 300 g/mol. The van der Waals surface area contributed by atoms with Crippen LogP contribution in [0.25, 0.3) is 0 Å². The average Bonchev–Trinajstić information content (AvgIpc) is 2.53. The molecule has 1 saturated heterocycles. The molecule has 1 aromatic carbocycles. The summed E-state index contributed by atoms with van der Waals surface area (Å²) in [6.45, 7) is 2.35. The first kappa shape index (κ1) is 16.0. The van der Waals surface area contributed by atoms with E-state index in [4.69, 9.17) is 11.0 Å². The van der Waals surface area contributed by atoms with Gasteiger partial charge in [0.2, 0.25) is 11.8 Å². The van der Waals surface area contributed by atoms with Gasteiger partial charge in [0.05, 0.1) is 12.0 Å². The number of nitrogens with one attached hydrogen (secondary N) is 1. The maximum Gasteiger partial charge on any atom is 0.248 e. The second kappa shape index (κ2) is 7.57. The number of nitrogens with two attached hydrogens (primary N) is 1. The molecule has 0 aromatic heterocycles. The van der Waals surface area contributed by atoms with Crippen LogP contribution in [0.1, 0.15) is 29.6 Å². The number of anilines is 1.